The number of rotatable bonds is 6. The molecular formula is C23H24FN5O2. The summed E-state index contributed by atoms with van der Waals surface area (Å²) in [7, 11) is 2.12. The first kappa shape index (κ1) is 20.7. The number of H-pyrrole nitrogens is 1. The van der Waals surface area contributed by atoms with Crippen LogP contribution in [0.25, 0.3) is 16.6 Å². The van der Waals surface area contributed by atoms with Crippen molar-refractivity contribution in [3.8, 4) is 5.75 Å². The van der Waals surface area contributed by atoms with Gasteiger partial charge in [-0.2, -0.15) is 5.11 Å². The van der Waals surface area contributed by atoms with E-state index in [1.807, 2.05) is 24.3 Å². The van der Waals surface area contributed by atoms with Gasteiger partial charge in [0.2, 0.25) is 0 Å². The molecular weight excluding hydrogens is 397 g/mol. The van der Waals surface area contributed by atoms with Gasteiger partial charge in [-0.1, -0.05) is 0 Å². The maximum absolute atomic E-state index is 13.5. The van der Waals surface area contributed by atoms with E-state index in [0.717, 1.165) is 37.4 Å². The van der Waals surface area contributed by atoms with Gasteiger partial charge >= 0.3 is 0 Å². The van der Waals surface area contributed by atoms with Gasteiger partial charge in [0.15, 0.2) is 0 Å². The number of benzene rings is 2. The Hall–Kier alpha value is -3.52. The number of halogens is 1. The lowest BCUT2D eigenvalue weighted by Crippen LogP contribution is -2.35. The number of anilines is 1. The number of ether oxygens (including phenoxy) is 1. The van der Waals surface area contributed by atoms with Crippen LogP contribution in [0.1, 0.15) is 18.4 Å². The average molecular weight is 421 g/mol. The lowest BCUT2D eigenvalue weighted by atomic mass is 10.1. The molecule has 8 heteroatoms. The fourth-order valence-electron chi connectivity index (χ4n) is 3.61. The SMILES string of the molecule is CN1CCC(Oc2ccc(N/C=C(\N=N)c3cc4cc(F)ccc4[nH]c3=O)cc2)CC1. The third-order valence-electron chi connectivity index (χ3n) is 5.40. The first-order chi connectivity index (χ1) is 15.0. The fourth-order valence-corrected chi connectivity index (χ4v) is 3.61. The molecule has 0 atom stereocenters. The van der Waals surface area contributed by atoms with Crippen molar-refractivity contribution in [2.45, 2.75) is 18.9 Å². The summed E-state index contributed by atoms with van der Waals surface area (Å²) >= 11 is 0. The van der Waals surface area contributed by atoms with Crippen molar-refractivity contribution in [3.63, 3.8) is 0 Å². The number of hydrogen-bond acceptors (Lipinski definition) is 6. The van der Waals surface area contributed by atoms with Crippen molar-refractivity contribution in [2.75, 3.05) is 25.5 Å². The van der Waals surface area contributed by atoms with Crippen molar-refractivity contribution < 1.29 is 9.13 Å². The van der Waals surface area contributed by atoms with Gasteiger partial charge in [-0.05, 0) is 68.4 Å². The molecule has 0 spiro atoms. The van der Waals surface area contributed by atoms with E-state index in [4.69, 9.17) is 10.3 Å². The molecule has 3 N–H and O–H groups in total. The third-order valence-corrected chi connectivity index (χ3v) is 5.40. The molecule has 1 fully saturated rings. The Kier molecular flexibility index (Phi) is 6.08. The average Bonchev–Trinajstić information content (AvgIpc) is 2.77. The second-order valence-electron chi connectivity index (χ2n) is 7.67. The van der Waals surface area contributed by atoms with E-state index in [2.05, 4.69) is 27.4 Å². The quantitative estimate of drug-likeness (QED) is 0.508. The molecule has 4 rings (SSSR count). The zero-order valence-corrected chi connectivity index (χ0v) is 17.2. The van der Waals surface area contributed by atoms with E-state index in [0.29, 0.717) is 10.9 Å². The van der Waals surface area contributed by atoms with Crippen molar-refractivity contribution in [1.82, 2.24) is 9.88 Å². The van der Waals surface area contributed by atoms with Crippen LogP contribution in [-0.2, 0) is 0 Å². The highest BCUT2D eigenvalue weighted by Crippen LogP contribution is 2.22. The molecule has 7 nitrogen and oxygen atoms in total. The molecule has 0 radical (unpaired) electrons. The first-order valence-electron chi connectivity index (χ1n) is 10.1. The maximum Gasteiger partial charge on any atom is 0.258 e. The molecule has 0 aliphatic carbocycles. The Morgan fingerprint density at radius 3 is 2.68 bits per heavy atom. The van der Waals surface area contributed by atoms with E-state index in [1.54, 1.807) is 0 Å². The first-order valence-corrected chi connectivity index (χ1v) is 10.1. The minimum absolute atomic E-state index is 0.138. The van der Waals surface area contributed by atoms with Crippen LogP contribution >= 0.6 is 0 Å². The van der Waals surface area contributed by atoms with Crippen LogP contribution in [0.3, 0.4) is 0 Å². The summed E-state index contributed by atoms with van der Waals surface area (Å²) in [5.41, 5.74) is 8.68. The number of nitrogens with one attached hydrogen (secondary N) is 3. The monoisotopic (exact) mass is 421 g/mol. The van der Waals surface area contributed by atoms with Crippen LogP contribution in [-0.4, -0.2) is 36.1 Å². The molecule has 2 heterocycles. The molecule has 0 saturated carbocycles. The molecule has 0 unspecified atom stereocenters. The van der Waals surface area contributed by atoms with Crippen LogP contribution < -0.4 is 15.6 Å². The largest absolute Gasteiger partial charge is 0.490 e. The van der Waals surface area contributed by atoms with Crippen LogP contribution in [0.15, 0.2) is 64.6 Å². The summed E-state index contributed by atoms with van der Waals surface area (Å²) in [5, 5.41) is 7.05. The molecule has 3 aromatic rings. The molecule has 31 heavy (non-hydrogen) atoms. The summed E-state index contributed by atoms with van der Waals surface area (Å²) in [4.78, 5) is 17.4. The summed E-state index contributed by atoms with van der Waals surface area (Å²) in [6.07, 6.45) is 3.73. The number of hydrogen-bond donors (Lipinski definition) is 3. The van der Waals surface area contributed by atoms with E-state index in [-0.39, 0.29) is 17.4 Å². The van der Waals surface area contributed by atoms with Crippen molar-refractivity contribution in [1.29, 1.82) is 5.53 Å². The number of aromatic amines is 1. The highest BCUT2D eigenvalue weighted by Gasteiger charge is 2.17. The molecule has 1 saturated heterocycles. The Labute approximate surface area is 179 Å². The minimum Gasteiger partial charge on any atom is -0.490 e. The van der Waals surface area contributed by atoms with Gasteiger partial charge in [0, 0.05) is 35.9 Å². The molecule has 1 aliphatic heterocycles. The van der Waals surface area contributed by atoms with Crippen LogP contribution in [0, 0.1) is 11.3 Å². The number of nitrogens with zero attached hydrogens (tertiary/aromatic N) is 2. The molecule has 1 aliphatic rings. The topological polar surface area (TPSA) is 93.6 Å². The molecule has 0 bridgehead atoms. The minimum atomic E-state index is -0.403. The normalized spacial score (nSPS) is 15.7. The number of piperidine rings is 1. The second kappa shape index (κ2) is 9.09. The van der Waals surface area contributed by atoms with Gasteiger partial charge in [0.05, 0.1) is 5.56 Å². The van der Waals surface area contributed by atoms with Gasteiger partial charge < -0.3 is 19.9 Å². The number of pyridine rings is 1. The predicted molar refractivity (Wildman–Crippen MR) is 119 cm³/mol. The van der Waals surface area contributed by atoms with Gasteiger partial charge in [0.1, 0.15) is 23.4 Å². The maximum atomic E-state index is 13.5. The van der Waals surface area contributed by atoms with Crippen molar-refractivity contribution in [3.05, 3.63) is 76.5 Å². The summed E-state index contributed by atoms with van der Waals surface area (Å²) in [6, 6.07) is 13.1. The molecule has 2 aromatic carbocycles. The van der Waals surface area contributed by atoms with Gasteiger partial charge in [-0.25, -0.2) is 9.92 Å². The number of aromatic nitrogens is 1. The zero-order valence-electron chi connectivity index (χ0n) is 17.2. The van der Waals surface area contributed by atoms with Crippen molar-refractivity contribution in [2.24, 2.45) is 5.11 Å². The zero-order chi connectivity index (χ0) is 21.8. The van der Waals surface area contributed by atoms with Crippen molar-refractivity contribution >= 4 is 22.3 Å². The number of fused-ring (bicyclic) bond motifs is 1. The highest BCUT2D eigenvalue weighted by molar-refractivity contribution is 5.82. The van der Waals surface area contributed by atoms with Crippen LogP contribution in [0.2, 0.25) is 0 Å². The van der Waals surface area contributed by atoms with Gasteiger partial charge in [-0.3, -0.25) is 4.79 Å². The smallest absolute Gasteiger partial charge is 0.258 e. The van der Waals surface area contributed by atoms with E-state index in [1.165, 1.54) is 30.5 Å². The van der Waals surface area contributed by atoms with E-state index < -0.39 is 11.4 Å². The molecule has 160 valence electrons. The third kappa shape index (κ3) is 4.97. The number of likely N-dealkylation sites (tertiary alicyclic amines) is 1. The molecule has 1 aromatic heterocycles. The predicted octanol–water partition coefficient (Wildman–Crippen LogP) is 4.58. The fraction of sp³-hybridized carbons (Fsp3) is 0.261. The Morgan fingerprint density at radius 1 is 1.23 bits per heavy atom. The second-order valence-corrected chi connectivity index (χ2v) is 7.67. The van der Waals surface area contributed by atoms with E-state index in [9.17, 15) is 9.18 Å². The summed E-state index contributed by atoms with van der Waals surface area (Å²) < 4.78 is 19.6. The Balaban J connectivity index is 1.48. The van der Waals surface area contributed by atoms with Gasteiger partial charge in [0.25, 0.3) is 5.56 Å². The molecule has 0 amide bonds. The van der Waals surface area contributed by atoms with Crippen LogP contribution in [0.4, 0.5) is 10.1 Å². The lowest BCUT2D eigenvalue weighted by Gasteiger charge is -2.29. The lowest BCUT2D eigenvalue weighted by molar-refractivity contribution is 0.114. The standard InChI is InChI=1S/C23H24FN5O2/c1-29-10-8-19(9-11-29)31-18-5-3-17(4-6-18)26-14-22(28-25)20-13-15-12-16(24)2-7-21(15)27-23(20)30/h2-7,12-14,19,25-26H,8-11H2,1H3,(H,27,30)/b22-14-,28-25?. The Bertz CT molecular complexity index is 1160. The summed E-state index contributed by atoms with van der Waals surface area (Å²) in [6.45, 7) is 2.07. The summed E-state index contributed by atoms with van der Waals surface area (Å²) in [5.74, 6) is 0.405. The highest BCUT2D eigenvalue weighted by atomic mass is 19.1. The van der Waals surface area contributed by atoms with Crippen LogP contribution in [0.5, 0.6) is 5.75 Å². The van der Waals surface area contributed by atoms with E-state index >= 15 is 0 Å². The van der Waals surface area contributed by atoms with Gasteiger partial charge in [-0.15, -0.1) is 0 Å². The Morgan fingerprint density at radius 2 is 1.97 bits per heavy atom.